The number of ether oxygens (including phenoxy) is 1. The quantitative estimate of drug-likeness (QED) is 0.785. The third-order valence-electron chi connectivity index (χ3n) is 2.18. The average Bonchev–Trinajstić information content (AvgIpc) is 2.27. The summed E-state index contributed by atoms with van der Waals surface area (Å²) in [5.41, 5.74) is 0. The van der Waals surface area contributed by atoms with Crippen LogP contribution in [0.4, 0.5) is 4.39 Å². The first kappa shape index (κ1) is 12.5. The fourth-order valence-electron chi connectivity index (χ4n) is 1.27. The maximum Gasteiger partial charge on any atom is 0.263 e. The van der Waals surface area contributed by atoms with Crippen molar-refractivity contribution in [2.24, 2.45) is 0 Å². The summed E-state index contributed by atoms with van der Waals surface area (Å²) >= 11 is 0. The van der Waals surface area contributed by atoms with Crippen LogP contribution in [0, 0.1) is 5.82 Å². The fourth-order valence-corrected chi connectivity index (χ4v) is 1.27. The predicted molar refractivity (Wildman–Crippen MR) is 59.8 cm³/mol. The van der Waals surface area contributed by atoms with Gasteiger partial charge in [0.2, 0.25) is 0 Å². The molecule has 1 aromatic rings. The molecule has 3 nitrogen and oxygen atoms in total. The molecule has 16 heavy (non-hydrogen) atoms. The highest BCUT2D eigenvalue weighted by molar-refractivity contribution is 5.80. The molecular formula is C12H16FNO2. The van der Waals surface area contributed by atoms with Gasteiger partial charge in [0.05, 0.1) is 0 Å². The lowest BCUT2D eigenvalue weighted by Gasteiger charge is -2.20. The molecular weight excluding hydrogens is 209 g/mol. The van der Waals surface area contributed by atoms with Gasteiger partial charge in [0, 0.05) is 14.1 Å². The van der Waals surface area contributed by atoms with Crippen molar-refractivity contribution in [3.63, 3.8) is 0 Å². The first-order valence-corrected chi connectivity index (χ1v) is 5.18. The largest absolute Gasteiger partial charge is 0.481 e. The molecule has 1 rings (SSSR count). The number of nitrogens with zero attached hydrogens (tertiary/aromatic N) is 1. The second-order valence-corrected chi connectivity index (χ2v) is 3.70. The van der Waals surface area contributed by atoms with Crippen molar-refractivity contribution < 1.29 is 13.9 Å². The minimum absolute atomic E-state index is 0.0909. The second-order valence-electron chi connectivity index (χ2n) is 3.70. The minimum Gasteiger partial charge on any atom is -0.481 e. The van der Waals surface area contributed by atoms with Gasteiger partial charge in [-0.25, -0.2) is 4.39 Å². The summed E-state index contributed by atoms with van der Waals surface area (Å²) in [6.07, 6.45) is 0.0643. The molecule has 0 aliphatic rings. The number of amides is 1. The zero-order valence-corrected chi connectivity index (χ0v) is 9.74. The average molecular weight is 225 g/mol. The van der Waals surface area contributed by atoms with Crippen LogP contribution in [0.25, 0.3) is 0 Å². The van der Waals surface area contributed by atoms with Crippen molar-refractivity contribution in [3.8, 4) is 5.75 Å². The van der Waals surface area contributed by atoms with E-state index in [1.807, 2.05) is 6.92 Å². The molecule has 1 unspecified atom stereocenters. The van der Waals surface area contributed by atoms with Gasteiger partial charge < -0.3 is 9.64 Å². The van der Waals surface area contributed by atoms with E-state index in [9.17, 15) is 9.18 Å². The molecule has 4 heteroatoms. The second kappa shape index (κ2) is 5.49. The lowest BCUT2D eigenvalue weighted by Crippen LogP contribution is -2.37. The highest BCUT2D eigenvalue weighted by Gasteiger charge is 2.19. The molecule has 0 N–H and O–H groups in total. The van der Waals surface area contributed by atoms with Crippen molar-refractivity contribution in [2.75, 3.05) is 14.1 Å². The monoisotopic (exact) mass is 225 g/mol. The Morgan fingerprint density at radius 1 is 1.38 bits per heavy atom. The molecule has 0 aliphatic carbocycles. The van der Waals surface area contributed by atoms with E-state index < -0.39 is 6.10 Å². The lowest BCUT2D eigenvalue weighted by molar-refractivity contribution is -0.136. The van der Waals surface area contributed by atoms with Gasteiger partial charge >= 0.3 is 0 Å². The zero-order chi connectivity index (χ0) is 12.1. The molecule has 0 heterocycles. The van der Waals surface area contributed by atoms with Crippen LogP contribution in [0.3, 0.4) is 0 Å². The van der Waals surface area contributed by atoms with Gasteiger partial charge in [-0.15, -0.1) is 0 Å². The van der Waals surface area contributed by atoms with Gasteiger partial charge in [-0.05, 0) is 30.7 Å². The van der Waals surface area contributed by atoms with Gasteiger partial charge in [-0.3, -0.25) is 4.79 Å². The summed E-state index contributed by atoms with van der Waals surface area (Å²) in [5.74, 6) is 0.0922. The SMILES string of the molecule is CCC(Oc1ccc(F)cc1)C(=O)N(C)C. The highest BCUT2D eigenvalue weighted by atomic mass is 19.1. The molecule has 0 saturated carbocycles. The smallest absolute Gasteiger partial charge is 0.263 e. The van der Waals surface area contributed by atoms with Crippen LogP contribution in [-0.2, 0) is 4.79 Å². The van der Waals surface area contributed by atoms with E-state index in [2.05, 4.69) is 0 Å². The molecule has 0 saturated heterocycles. The van der Waals surface area contributed by atoms with Crippen molar-refractivity contribution in [3.05, 3.63) is 30.1 Å². The summed E-state index contributed by atoms with van der Waals surface area (Å²) in [4.78, 5) is 13.2. The van der Waals surface area contributed by atoms with Gasteiger partial charge in [0.25, 0.3) is 5.91 Å². The van der Waals surface area contributed by atoms with Crippen LogP contribution in [0.1, 0.15) is 13.3 Å². The zero-order valence-electron chi connectivity index (χ0n) is 9.74. The normalized spacial score (nSPS) is 12.0. The Bertz CT molecular complexity index is 349. The van der Waals surface area contributed by atoms with Crippen molar-refractivity contribution in [1.29, 1.82) is 0 Å². The summed E-state index contributed by atoms with van der Waals surface area (Å²) in [7, 11) is 3.36. The Hall–Kier alpha value is -1.58. The first-order chi connectivity index (χ1) is 7.54. The molecule has 0 aliphatic heterocycles. The van der Waals surface area contributed by atoms with Gasteiger partial charge in [0.15, 0.2) is 6.10 Å². The Morgan fingerprint density at radius 3 is 2.38 bits per heavy atom. The first-order valence-electron chi connectivity index (χ1n) is 5.18. The predicted octanol–water partition coefficient (Wildman–Crippen LogP) is 2.07. The third-order valence-corrected chi connectivity index (χ3v) is 2.18. The van der Waals surface area contributed by atoms with Crippen LogP contribution in [0.5, 0.6) is 5.75 Å². The van der Waals surface area contributed by atoms with Crippen LogP contribution >= 0.6 is 0 Å². The Kier molecular flexibility index (Phi) is 4.28. The standard InChI is InChI=1S/C12H16FNO2/c1-4-11(12(15)14(2)3)16-10-7-5-9(13)6-8-10/h5-8,11H,4H2,1-3H3. The topological polar surface area (TPSA) is 29.5 Å². The summed E-state index contributed by atoms with van der Waals surface area (Å²) in [6.45, 7) is 1.87. The molecule has 1 aromatic carbocycles. The number of rotatable bonds is 4. The number of carbonyl (C=O) groups excluding carboxylic acids is 1. The van der Waals surface area contributed by atoms with Gasteiger partial charge in [-0.1, -0.05) is 6.92 Å². The van der Waals surface area contributed by atoms with E-state index in [1.54, 1.807) is 14.1 Å². The molecule has 0 fully saturated rings. The number of benzene rings is 1. The molecule has 0 spiro atoms. The summed E-state index contributed by atoms with van der Waals surface area (Å²) < 4.78 is 18.1. The molecule has 1 atom stereocenters. The van der Waals surface area contributed by atoms with E-state index >= 15 is 0 Å². The van der Waals surface area contributed by atoms with Crippen LogP contribution in [0.2, 0.25) is 0 Å². The Balaban J connectivity index is 2.70. The van der Waals surface area contributed by atoms with Gasteiger partial charge in [-0.2, -0.15) is 0 Å². The fraction of sp³-hybridized carbons (Fsp3) is 0.417. The third kappa shape index (κ3) is 3.22. The van der Waals surface area contributed by atoms with Crippen molar-refractivity contribution >= 4 is 5.91 Å². The molecule has 1 amide bonds. The van der Waals surface area contributed by atoms with Crippen LogP contribution < -0.4 is 4.74 Å². The van der Waals surface area contributed by atoms with E-state index in [0.717, 1.165) is 0 Å². The lowest BCUT2D eigenvalue weighted by atomic mass is 10.2. The number of carbonyl (C=O) groups is 1. The molecule has 0 aromatic heterocycles. The summed E-state index contributed by atoms with van der Waals surface area (Å²) in [5, 5.41) is 0. The van der Waals surface area contributed by atoms with Gasteiger partial charge in [0.1, 0.15) is 11.6 Å². The summed E-state index contributed by atoms with van der Waals surface area (Å²) in [6, 6.07) is 5.65. The molecule has 88 valence electrons. The molecule has 0 radical (unpaired) electrons. The van der Waals surface area contributed by atoms with E-state index in [1.165, 1.54) is 29.2 Å². The number of hydrogen-bond acceptors (Lipinski definition) is 2. The maximum atomic E-state index is 12.7. The number of likely N-dealkylation sites (N-methyl/N-ethyl adjacent to an activating group) is 1. The highest BCUT2D eigenvalue weighted by Crippen LogP contribution is 2.15. The van der Waals surface area contributed by atoms with Crippen molar-refractivity contribution in [2.45, 2.75) is 19.4 Å². The number of hydrogen-bond donors (Lipinski definition) is 0. The molecule has 0 bridgehead atoms. The Morgan fingerprint density at radius 2 is 1.94 bits per heavy atom. The van der Waals surface area contributed by atoms with Crippen LogP contribution in [-0.4, -0.2) is 31.0 Å². The Labute approximate surface area is 94.8 Å². The minimum atomic E-state index is -0.513. The van der Waals surface area contributed by atoms with E-state index in [0.29, 0.717) is 12.2 Å². The maximum absolute atomic E-state index is 12.7. The number of halogens is 1. The van der Waals surface area contributed by atoms with E-state index in [-0.39, 0.29) is 11.7 Å². The van der Waals surface area contributed by atoms with Crippen molar-refractivity contribution in [1.82, 2.24) is 4.90 Å². The van der Waals surface area contributed by atoms with Crippen LogP contribution in [0.15, 0.2) is 24.3 Å². The van der Waals surface area contributed by atoms with E-state index in [4.69, 9.17) is 4.74 Å².